The molecule has 1 atom stereocenters. The summed E-state index contributed by atoms with van der Waals surface area (Å²) in [6, 6.07) is 1.70. The molecule has 1 aromatic heterocycles. The average molecular weight is 257 g/mol. The number of carbonyl (C=O) groups is 1. The summed E-state index contributed by atoms with van der Waals surface area (Å²) < 4.78 is 0. The van der Waals surface area contributed by atoms with Gasteiger partial charge in [-0.2, -0.15) is 0 Å². The highest BCUT2D eigenvalue weighted by atomic mass is 32.2. The van der Waals surface area contributed by atoms with E-state index in [1.807, 2.05) is 0 Å². The summed E-state index contributed by atoms with van der Waals surface area (Å²) in [7, 11) is 0. The molecular weight excluding hydrogens is 242 g/mol. The summed E-state index contributed by atoms with van der Waals surface area (Å²) in [5.41, 5.74) is 1.53. The van der Waals surface area contributed by atoms with E-state index in [-0.39, 0.29) is 17.9 Å². The molecule has 6 heteroatoms. The Bertz CT molecular complexity index is 422. The number of hydrogen-bond donors (Lipinski definition) is 3. The SMILES string of the molecule is Cc1cc(C)c(C(=O)O)c(SCC(O)CO)n1. The van der Waals surface area contributed by atoms with E-state index in [0.717, 1.165) is 17.5 Å². The molecule has 0 aliphatic carbocycles. The van der Waals surface area contributed by atoms with E-state index >= 15 is 0 Å². The smallest absolute Gasteiger partial charge is 0.338 e. The van der Waals surface area contributed by atoms with Gasteiger partial charge in [0.1, 0.15) is 5.03 Å². The molecule has 0 aliphatic heterocycles. The highest BCUT2D eigenvalue weighted by Gasteiger charge is 2.17. The number of aryl methyl sites for hydroxylation is 2. The molecule has 3 N–H and O–H groups in total. The van der Waals surface area contributed by atoms with Crippen molar-refractivity contribution in [3.63, 3.8) is 0 Å². The minimum atomic E-state index is -1.03. The lowest BCUT2D eigenvalue weighted by atomic mass is 10.1. The molecule has 0 radical (unpaired) electrons. The van der Waals surface area contributed by atoms with Gasteiger partial charge in [0, 0.05) is 11.4 Å². The molecule has 94 valence electrons. The molecule has 0 fully saturated rings. The first kappa shape index (κ1) is 14.0. The van der Waals surface area contributed by atoms with E-state index in [4.69, 9.17) is 10.2 Å². The Hall–Kier alpha value is -1.11. The van der Waals surface area contributed by atoms with Crippen molar-refractivity contribution >= 4 is 17.7 Å². The molecule has 0 spiro atoms. The third-order valence-corrected chi connectivity index (χ3v) is 3.27. The quantitative estimate of drug-likeness (QED) is 0.677. The molecule has 0 saturated carbocycles. The maximum atomic E-state index is 11.1. The second kappa shape index (κ2) is 6.00. The number of aliphatic hydroxyl groups is 2. The van der Waals surface area contributed by atoms with Gasteiger partial charge in [-0.3, -0.25) is 0 Å². The Morgan fingerprint density at radius 2 is 2.18 bits per heavy atom. The van der Waals surface area contributed by atoms with Crippen LogP contribution >= 0.6 is 11.8 Å². The van der Waals surface area contributed by atoms with Gasteiger partial charge < -0.3 is 15.3 Å². The van der Waals surface area contributed by atoms with Gasteiger partial charge in [-0.1, -0.05) is 0 Å². The highest BCUT2D eigenvalue weighted by molar-refractivity contribution is 7.99. The van der Waals surface area contributed by atoms with E-state index in [1.165, 1.54) is 0 Å². The lowest BCUT2D eigenvalue weighted by molar-refractivity contribution is 0.0691. The topological polar surface area (TPSA) is 90.7 Å². The van der Waals surface area contributed by atoms with Crippen LogP contribution < -0.4 is 0 Å². The summed E-state index contributed by atoms with van der Waals surface area (Å²) in [5, 5.41) is 27.4. The summed E-state index contributed by atoms with van der Waals surface area (Å²) in [5.74, 6) is -0.817. The Kier molecular flexibility index (Phi) is 4.92. The molecular formula is C11H15NO4S. The van der Waals surface area contributed by atoms with Crippen LogP contribution in [0.25, 0.3) is 0 Å². The summed E-state index contributed by atoms with van der Waals surface area (Å²) in [4.78, 5) is 15.3. The Morgan fingerprint density at radius 3 is 2.71 bits per heavy atom. The van der Waals surface area contributed by atoms with Crippen molar-refractivity contribution in [2.24, 2.45) is 0 Å². The standard InChI is InChI=1S/C11H15NO4S/c1-6-3-7(2)12-10(9(6)11(15)16)17-5-8(14)4-13/h3,8,13-14H,4-5H2,1-2H3,(H,15,16). The number of carboxylic acid groups (broad SMARTS) is 1. The molecule has 0 amide bonds. The molecule has 1 unspecified atom stereocenters. The van der Waals surface area contributed by atoms with Crippen LogP contribution in [-0.4, -0.2) is 44.7 Å². The number of nitrogens with zero attached hydrogens (tertiary/aromatic N) is 1. The van der Waals surface area contributed by atoms with Crippen molar-refractivity contribution in [1.82, 2.24) is 4.98 Å². The molecule has 0 bridgehead atoms. The number of aromatic nitrogens is 1. The summed E-state index contributed by atoms with van der Waals surface area (Å²) in [6.07, 6.45) is -0.871. The van der Waals surface area contributed by atoms with Crippen LogP contribution in [0.5, 0.6) is 0 Å². The van der Waals surface area contributed by atoms with Crippen molar-refractivity contribution in [2.75, 3.05) is 12.4 Å². The first-order chi connectivity index (χ1) is 7.95. The molecule has 0 aliphatic rings. The van der Waals surface area contributed by atoms with E-state index < -0.39 is 12.1 Å². The monoisotopic (exact) mass is 257 g/mol. The minimum Gasteiger partial charge on any atom is -0.478 e. The lowest BCUT2D eigenvalue weighted by Gasteiger charge is -2.11. The maximum Gasteiger partial charge on any atom is 0.338 e. The first-order valence-electron chi connectivity index (χ1n) is 5.09. The van der Waals surface area contributed by atoms with Crippen molar-refractivity contribution in [3.05, 3.63) is 22.9 Å². The second-order valence-corrected chi connectivity index (χ2v) is 4.72. The van der Waals surface area contributed by atoms with Crippen LogP contribution in [-0.2, 0) is 0 Å². The number of pyridine rings is 1. The van der Waals surface area contributed by atoms with Gasteiger partial charge in [0.05, 0.1) is 18.3 Å². The number of carboxylic acids is 1. The molecule has 17 heavy (non-hydrogen) atoms. The van der Waals surface area contributed by atoms with Crippen molar-refractivity contribution in [2.45, 2.75) is 25.0 Å². The Labute approximate surface area is 104 Å². The van der Waals surface area contributed by atoms with Gasteiger partial charge in [-0.15, -0.1) is 11.8 Å². The fraction of sp³-hybridized carbons (Fsp3) is 0.455. The normalized spacial score (nSPS) is 12.5. The van der Waals surface area contributed by atoms with Crippen molar-refractivity contribution in [1.29, 1.82) is 0 Å². The van der Waals surface area contributed by atoms with E-state index in [0.29, 0.717) is 10.6 Å². The summed E-state index contributed by atoms with van der Waals surface area (Å²) >= 11 is 1.13. The Balaban J connectivity index is 3.00. The lowest BCUT2D eigenvalue weighted by Crippen LogP contribution is -2.15. The predicted octanol–water partition coefficient (Wildman–Crippen LogP) is 0.842. The number of rotatable bonds is 5. The van der Waals surface area contributed by atoms with Crippen LogP contribution in [0, 0.1) is 13.8 Å². The largest absolute Gasteiger partial charge is 0.478 e. The van der Waals surface area contributed by atoms with Crippen LogP contribution in [0.15, 0.2) is 11.1 Å². The van der Waals surface area contributed by atoms with Gasteiger partial charge in [-0.25, -0.2) is 9.78 Å². The maximum absolute atomic E-state index is 11.1. The molecule has 1 aromatic rings. The van der Waals surface area contributed by atoms with Crippen molar-refractivity contribution in [3.8, 4) is 0 Å². The molecule has 0 saturated heterocycles. The van der Waals surface area contributed by atoms with Gasteiger partial charge in [-0.05, 0) is 25.5 Å². The van der Waals surface area contributed by atoms with Crippen LogP contribution in [0.2, 0.25) is 0 Å². The number of aliphatic hydroxyl groups excluding tert-OH is 2. The third-order valence-electron chi connectivity index (χ3n) is 2.15. The van der Waals surface area contributed by atoms with Gasteiger partial charge in [0.2, 0.25) is 0 Å². The van der Waals surface area contributed by atoms with Crippen LogP contribution in [0.3, 0.4) is 0 Å². The fourth-order valence-corrected chi connectivity index (χ4v) is 2.45. The van der Waals surface area contributed by atoms with E-state index in [2.05, 4.69) is 4.98 Å². The zero-order chi connectivity index (χ0) is 13.0. The van der Waals surface area contributed by atoms with Crippen molar-refractivity contribution < 1.29 is 20.1 Å². The second-order valence-electron chi connectivity index (χ2n) is 3.71. The van der Waals surface area contributed by atoms with E-state index in [9.17, 15) is 9.90 Å². The number of hydrogen-bond acceptors (Lipinski definition) is 5. The van der Waals surface area contributed by atoms with Gasteiger partial charge >= 0.3 is 5.97 Å². The number of thioether (sulfide) groups is 1. The minimum absolute atomic E-state index is 0.158. The van der Waals surface area contributed by atoms with E-state index in [1.54, 1.807) is 19.9 Å². The molecule has 1 rings (SSSR count). The van der Waals surface area contributed by atoms with Crippen LogP contribution in [0.4, 0.5) is 0 Å². The zero-order valence-corrected chi connectivity index (χ0v) is 10.5. The highest BCUT2D eigenvalue weighted by Crippen LogP contribution is 2.24. The van der Waals surface area contributed by atoms with Crippen LogP contribution in [0.1, 0.15) is 21.6 Å². The Morgan fingerprint density at radius 1 is 1.53 bits per heavy atom. The molecule has 1 heterocycles. The first-order valence-corrected chi connectivity index (χ1v) is 6.07. The summed E-state index contributed by atoms with van der Waals surface area (Å²) in [6.45, 7) is 3.15. The zero-order valence-electron chi connectivity index (χ0n) is 9.67. The fourth-order valence-electron chi connectivity index (χ4n) is 1.39. The third kappa shape index (κ3) is 3.69. The van der Waals surface area contributed by atoms with Gasteiger partial charge in [0.15, 0.2) is 0 Å². The predicted molar refractivity (Wildman–Crippen MR) is 64.5 cm³/mol. The average Bonchev–Trinajstić information content (AvgIpc) is 2.24. The molecule has 0 aromatic carbocycles. The number of aromatic carboxylic acids is 1. The van der Waals surface area contributed by atoms with Gasteiger partial charge in [0.25, 0.3) is 0 Å². The molecule has 5 nitrogen and oxygen atoms in total.